The van der Waals surface area contributed by atoms with E-state index in [2.05, 4.69) is 10.6 Å². The smallest absolute Gasteiger partial charge is 0.236 e. The van der Waals surface area contributed by atoms with E-state index in [-0.39, 0.29) is 11.9 Å². The zero-order valence-corrected chi connectivity index (χ0v) is 8.54. The molecule has 4 nitrogen and oxygen atoms in total. The van der Waals surface area contributed by atoms with E-state index in [0.29, 0.717) is 13.1 Å². The number of carbonyl (C=O) groups is 1. The summed E-state index contributed by atoms with van der Waals surface area (Å²) in [6.07, 6.45) is 1.62. The molecule has 1 aromatic rings. The zero-order valence-electron chi connectivity index (χ0n) is 8.54. The summed E-state index contributed by atoms with van der Waals surface area (Å²) in [5.74, 6) is 0.847. The summed E-state index contributed by atoms with van der Waals surface area (Å²) < 4.78 is 5.13. The number of furan rings is 1. The van der Waals surface area contributed by atoms with Gasteiger partial charge in [-0.3, -0.25) is 10.1 Å². The molecule has 0 saturated carbocycles. The SMILES string of the molecule is CCNC(=O)C(C)NCc1ccco1. The number of hydrogen-bond donors (Lipinski definition) is 2. The minimum absolute atomic E-state index is 0.0130. The van der Waals surface area contributed by atoms with E-state index in [0.717, 1.165) is 5.76 Å². The molecule has 4 heteroatoms. The number of amides is 1. The van der Waals surface area contributed by atoms with Crippen LogP contribution in [0.1, 0.15) is 19.6 Å². The Morgan fingerprint density at radius 1 is 1.64 bits per heavy atom. The monoisotopic (exact) mass is 196 g/mol. The van der Waals surface area contributed by atoms with Gasteiger partial charge in [0.1, 0.15) is 5.76 Å². The first kappa shape index (κ1) is 10.8. The van der Waals surface area contributed by atoms with Crippen LogP contribution in [-0.4, -0.2) is 18.5 Å². The molecule has 1 atom stereocenters. The molecule has 2 N–H and O–H groups in total. The molecule has 0 bridgehead atoms. The van der Waals surface area contributed by atoms with Crippen LogP contribution in [-0.2, 0) is 11.3 Å². The van der Waals surface area contributed by atoms with Gasteiger partial charge in [0.2, 0.25) is 5.91 Å². The molecule has 14 heavy (non-hydrogen) atoms. The highest BCUT2D eigenvalue weighted by Crippen LogP contribution is 1.99. The van der Waals surface area contributed by atoms with Gasteiger partial charge in [-0.1, -0.05) is 0 Å². The Balaban J connectivity index is 2.27. The van der Waals surface area contributed by atoms with E-state index in [9.17, 15) is 4.79 Å². The van der Waals surface area contributed by atoms with E-state index in [1.807, 2.05) is 26.0 Å². The molecule has 0 spiro atoms. The average Bonchev–Trinajstić information content (AvgIpc) is 2.67. The highest BCUT2D eigenvalue weighted by molar-refractivity contribution is 5.81. The first-order chi connectivity index (χ1) is 6.74. The van der Waals surface area contributed by atoms with Gasteiger partial charge in [0, 0.05) is 6.54 Å². The van der Waals surface area contributed by atoms with Gasteiger partial charge in [-0.15, -0.1) is 0 Å². The van der Waals surface area contributed by atoms with Crippen LogP contribution < -0.4 is 10.6 Å². The lowest BCUT2D eigenvalue weighted by Crippen LogP contribution is -2.41. The molecular weight excluding hydrogens is 180 g/mol. The van der Waals surface area contributed by atoms with Gasteiger partial charge < -0.3 is 9.73 Å². The van der Waals surface area contributed by atoms with Crippen molar-refractivity contribution in [3.63, 3.8) is 0 Å². The van der Waals surface area contributed by atoms with Crippen molar-refractivity contribution < 1.29 is 9.21 Å². The summed E-state index contributed by atoms with van der Waals surface area (Å²) in [5.41, 5.74) is 0. The van der Waals surface area contributed by atoms with Gasteiger partial charge in [0.25, 0.3) is 0 Å². The van der Waals surface area contributed by atoms with E-state index in [4.69, 9.17) is 4.42 Å². The van der Waals surface area contributed by atoms with Crippen molar-refractivity contribution in [1.82, 2.24) is 10.6 Å². The summed E-state index contributed by atoms with van der Waals surface area (Å²) >= 11 is 0. The van der Waals surface area contributed by atoms with Crippen LogP contribution in [0.15, 0.2) is 22.8 Å². The van der Waals surface area contributed by atoms with Crippen molar-refractivity contribution in [2.45, 2.75) is 26.4 Å². The van der Waals surface area contributed by atoms with Crippen LogP contribution in [0.5, 0.6) is 0 Å². The lowest BCUT2D eigenvalue weighted by Gasteiger charge is -2.11. The van der Waals surface area contributed by atoms with Crippen LogP contribution >= 0.6 is 0 Å². The molecule has 0 aliphatic heterocycles. The molecule has 0 aliphatic carbocycles. The number of likely N-dealkylation sites (N-methyl/N-ethyl adjacent to an activating group) is 1. The Bertz CT molecular complexity index is 270. The summed E-state index contributed by atoms with van der Waals surface area (Å²) in [6.45, 7) is 4.96. The van der Waals surface area contributed by atoms with E-state index in [1.165, 1.54) is 0 Å². The summed E-state index contributed by atoms with van der Waals surface area (Å²) in [7, 11) is 0. The topological polar surface area (TPSA) is 54.3 Å². The third-order valence-electron chi connectivity index (χ3n) is 1.91. The molecular formula is C10H16N2O2. The number of rotatable bonds is 5. The second kappa shape index (κ2) is 5.44. The predicted molar refractivity (Wildman–Crippen MR) is 53.7 cm³/mol. The van der Waals surface area contributed by atoms with Gasteiger partial charge >= 0.3 is 0 Å². The van der Waals surface area contributed by atoms with E-state index >= 15 is 0 Å². The van der Waals surface area contributed by atoms with Crippen molar-refractivity contribution >= 4 is 5.91 Å². The molecule has 1 unspecified atom stereocenters. The fraction of sp³-hybridized carbons (Fsp3) is 0.500. The Labute approximate surface area is 83.7 Å². The fourth-order valence-corrected chi connectivity index (χ4v) is 1.09. The molecule has 0 saturated heterocycles. The summed E-state index contributed by atoms with van der Waals surface area (Å²) in [4.78, 5) is 11.3. The zero-order chi connectivity index (χ0) is 10.4. The molecule has 1 aromatic heterocycles. The Morgan fingerprint density at radius 3 is 3.00 bits per heavy atom. The van der Waals surface area contributed by atoms with Crippen LogP contribution in [0.2, 0.25) is 0 Å². The average molecular weight is 196 g/mol. The largest absolute Gasteiger partial charge is 0.468 e. The molecule has 1 amide bonds. The third-order valence-corrected chi connectivity index (χ3v) is 1.91. The van der Waals surface area contributed by atoms with Crippen molar-refractivity contribution in [1.29, 1.82) is 0 Å². The third kappa shape index (κ3) is 3.22. The highest BCUT2D eigenvalue weighted by Gasteiger charge is 2.10. The van der Waals surface area contributed by atoms with E-state index < -0.39 is 0 Å². The lowest BCUT2D eigenvalue weighted by molar-refractivity contribution is -0.122. The van der Waals surface area contributed by atoms with Crippen molar-refractivity contribution in [3.05, 3.63) is 24.2 Å². The van der Waals surface area contributed by atoms with Crippen LogP contribution in [0.3, 0.4) is 0 Å². The van der Waals surface area contributed by atoms with Crippen LogP contribution in [0, 0.1) is 0 Å². The van der Waals surface area contributed by atoms with Gasteiger partial charge in [0.15, 0.2) is 0 Å². The maximum Gasteiger partial charge on any atom is 0.236 e. The molecule has 0 aromatic carbocycles. The molecule has 1 rings (SSSR count). The number of nitrogens with one attached hydrogen (secondary N) is 2. The Kier molecular flexibility index (Phi) is 4.19. The normalized spacial score (nSPS) is 12.4. The summed E-state index contributed by atoms with van der Waals surface area (Å²) in [6, 6.07) is 3.51. The van der Waals surface area contributed by atoms with E-state index in [1.54, 1.807) is 6.26 Å². The van der Waals surface area contributed by atoms with Gasteiger partial charge in [0.05, 0.1) is 18.8 Å². The minimum Gasteiger partial charge on any atom is -0.468 e. The fourth-order valence-electron chi connectivity index (χ4n) is 1.09. The number of carbonyl (C=O) groups excluding carboxylic acids is 1. The molecule has 1 heterocycles. The van der Waals surface area contributed by atoms with Crippen molar-refractivity contribution in [2.75, 3.05) is 6.54 Å². The minimum atomic E-state index is -0.194. The predicted octanol–water partition coefficient (Wildman–Crippen LogP) is 0.894. The van der Waals surface area contributed by atoms with Gasteiger partial charge in [-0.25, -0.2) is 0 Å². The molecule has 0 aliphatic rings. The summed E-state index contributed by atoms with van der Waals surface area (Å²) in [5, 5.41) is 5.81. The maximum absolute atomic E-state index is 11.3. The van der Waals surface area contributed by atoms with Gasteiger partial charge in [-0.05, 0) is 26.0 Å². The number of hydrogen-bond acceptors (Lipinski definition) is 3. The quantitative estimate of drug-likeness (QED) is 0.735. The van der Waals surface area contributed by atoms with Gasteiger partial charge in [-0.2, -0.15) is 0 Å². The standard InChI is InChI=1S/C10H16N2O2/c1-3-11-10(13)8(2)12-7-9-5-4-6-14-9/h4-6,8,12H,3,7H2,1-2H3,(H,11,13). The molecule has 78 valence electrons. The van der Waals surface area contributed by atoms with Crippen LogP contribution in [0.4, 0.5) is 0 Å². The highest BCUT2D eigenvalue weighted by atomic mass is 16.3. The second-order valence-electron chi connectivity index (χ2n) is 3.08. The van der Waals surface area contributed by atoms with Crippen LogP contribution in [0.25, 0.3) is 0 Å². The second-order valence-corrected chi connectivity index (χ2v) is 3.08. The van der Waals surface area contributed by atoms with Crippen molar-refractivity contribution in [3.8, 4) is 0 Å². The molecule has 0 radical (unpaired) electrons. The lowest BCUT2D eigenvalue weighted by atomic mass is 10.3. The Morgan fingerprint density at radius 2 is 2.43 bits per heavy atom. The first-order valence-corrected chi connectivity index (χ1v) is 4.77. The van der Waals surface area contributed by atoms with Crippen molar-refractivity contribution in [2.24, 2.45) is 0 Å². The molecule has 0 fully saturated rings. The first-order valence-electron chi connectivity index (χ1n) is 4.77. The Hall–Kier alpha value is -1.29. The maximum atomic E-state index is 11.3.